The van der Waals surface area contributed by atoms with E-state index in [0.29, 0.717) is 5.15 Å². The fourth-order valence-electron chi connectivity index (χ4n) is 1.36. The van der Waals surface area contributed by atoms with Crippen molar-refractivity contribution in [2.24, 2.45) is 0 Å². The van der Waals surface area contributed by atoms with Crippen molar-refractivity contribution in [1.29, 1.82) is 0 Å². The summed E-state index contributed by atoms with van der Waals surface area (Å²) in [5.41, 5.74) is 2.27. The van der Waals surface area contributed by atoms with Crippen LogP contribution in [0.5, 0.6) is 0 Å². The van der Waals surface area contributed by atoms with Crippen LogP contribution in [-0.4, -0.2) is 4.98 Å². The minimum Gasteiger partial charge on any atom is -0.236 e. The third-order valence-electron chi connectivity index (χ3n) is 2.13. The largest absolute Gasteiger partial charge is 0.236 e. The van der Waals surface area contributed by atoms with E-state index in [9.17, 15) is 0 Å². The van der Waals surface area contributed by atoms with Crippen LogP contribution in [0, 0.1) is 0 Å². The van der Waals surface area contributed by atoms with Gasteiger partial charge in [-0.3, -0.25) is 0 Å². The van der Waals surface area contributed by atoms with Gasteiger partial charge < -0.3 is 0 Å². The van der Waals surface area contributed by atoms with Crippen LogP contribution in [-0.2, 0) is 6.42 Å². The average Bonchev–Trinajstić information content (AvgIpc) is 2.16. The molecule has 1 nitrogen and oxygen atoms in total. The zero-order chi connectivity index (χ0) is 9.26. The summed E-state index contributed by atoms with van der Waals surface area (Å²) in [6.45, 7) is 2.13. The molecular weight excluding hydrogens is 182 g/mol. The Kier molecular flexibility index (Phi) is 2.19. The highest BCUT2D eigenvalue weighted by atomic mass is 35.5. The van der Waals surface area contributed by atoms with E-state index in [1.807, 2.05) is 12.1 Å². The lowest BCUT2D eigenvalue weighted by Gasteiger charge is -2.00. The highest BCUT2D eigenvalue weighted by Gasteiger charge is 1.96. The summed E-state index contributed by atoms with van der Waals surface area (Å²) in [6.07, 6.45) is 1.03. The molecule has 0 spiro atoms. The van der Waals surface area contributed by atoms with Crippen LogP contribution in [0.3, 0.4) is 0 Å². The van der Waals surface area contributed by atoms with Crippen LogP contribution in [0.2, 0.25) is 5.15 Å². The molecule has 0 unspecified atom stereocenters. The van der Waals surface area contributed by atoms with Gasteiger partial charge in [0.15, 0.2) is 0 Å². The Labute approximate surface area is 82.4 Å². The molecule has 0 aliphatic carbocycles. The van der Waals surface area contributed by atoms with Gasteiger partial charge in [-0.1, -0.05) is 30.7 Å². The first-order chi connectivity index (χ1) is 6.29. The van der Waals surface area contributed by atoms with Crippen molar-refractivity contribution < 1.29 is 0 Å². The fraction of sp³-hybridized carbons (Fsp3) is 0.182. The second-order valence-electron chi connectivity index (χ2n) is 3.01. The maximum Gasteiger partial charge on any atom is 0.129 e. The van der Waals surface area contributed by atoms with E-state index in [2.05, 4.69) is 30.1 Å². The first-order valence-electron chi connectivity index (χ1n) is 4.35. The van der Waals surface area contributed by atoms with Gasteiger partial charge in [0.05, 0.1) is 5.52 Å². The summed E-state index contributed by atoms with van der Waals surface area (Å²) in [5.74, 6) is 0. The lowest BCUT2D eigenvalue weighted by atomic mass is 10.1. The Morgan fingerprint density at radius 2 is 2.00 bits per heavy atom. The van der Waals surface area contributed by atoms with Gasteiger partial charge in [-0.15, -0.1) is 0 Å². The third-order valence-corrected chi connectivity index (χ3v) is 2.34. The molecule has 0 aliphatic heterocycles. The van der Waals surface area contributed by atoms with E-state index >= 15 is 0 Å². The summed E-state index contributed by atoms with van der Waals surface area (Å²) >= 11 is 5.80. The second kappa shape index (κ2) is 3.35. The van der Waals surface area contributed by atoms with Gasteiger partial charge in [-0.2, -0.15) is 0 Å². The molecule has 0 radical (unpaired) electrons. The van der Waals surface area contributed by atoms with Gasteiger partial charge in [-0.25, -0.2) is 4.98 Å². The first-order valence-corrected chi connectivity index (χ1v) is 4.72. The predicted molar refractivity (Wildman–Crippen MR) is 56.1 cm³/mol. The molecule has 2 rings (SSSR count). The molecule has 1 heterocycles. The average molecular weight is 192 g/mol. The van der Waals surface area contributed by atoms with Crippen molar-refractivity contribution in [2.75, 3.05) is 0 Å². The van der Waals surface area contributed by atoms with Gasteiger partial charge in [0.1, 0.15) is 5.15 Å². The van der Waals surface area contributed by atoms with Crippen molar-refractivity contribution >= 4 is 22.5 Å². The zero-order valence-electron chi connectivity index (χ0n) is 7.42. The number of rotatable bonds is 1. The van der Waals surface area contributed by atoms with Crippen LogP contribution >= 0.6 is 11.6 Å². The molecular formula is C11H10ClN. The van der Waals surface area contributed by atoms with Crippen molar-refractivity contribution in [3.8, 4) is 0 Å². The van der Waals surface area contributed by atoms with E-state index in [1.54, 1.807) is 0 Å². The lowest BCUT2D eigenvalue weighted by molar-refractivity contribution is 1.14. The van der Waals surface area contributed by atoms with E-state index in [4.69, 9.17) is 11.6 Å². The van der Waals surface area contributed by atoms with Gasteiger partial charge in [0.2, 0.25) is 0 Å². The smallest absolute Gasteiger partial charge is 0.129 e. The fourth-order valence-corrected chi connectivity index (χ4v) is 1.51. The van der Waals surface area contributed by atoms with Crippen molar-refractivity contribution in [1.82, 2.24) is 4.98 Å². The number of hydrogen-bond donors (Lipinski definition) is 0. The Hall–Kier alpha value is -1.08. The topological polar surface area (TPSA) is 12.9 Å². The molecule has 0 saturated heterocycles. The molecule has 0 N–H and O–H groups in total. The molecule has 1 aromatic carbocycles. The summed E-state index contributed by atoms with van der Waals surface area (Å²) in [7, 11) is 0. The molecule has 13 heavy (non-hydrogen) atoms. The molecule has 0 aliphatic rings. The molecule has 2 heteroatoms. The van der Waals surface area contributed by atoms with Crippen LogP contribution in [0.4, 0.5) is 0 Å². The number of halogens is 1. The number of benzene rings is 1. The summed E-state index contributed by atoms with van der Waals surface area (Å²) < 4.78 is 0. The number of aryl methyl sites for hydroxylation is 1. The zero-order valence-corrected chi connectivity index (χ0v) is 8.17. The van der Waals surface area contributed by atoms with E-state index in [0.717, 1.165) is 17.3 Å². The normalized spacial score (nSPS) is 10.6. The Balaban J connectivity index is 2.68. The number of pyridine rings is 1. The van der Waals surface area contributed by atoms with E-state index in [1.165, 1.54) is 5.56 Å². The Morgan fingerprint density at radius 3 is 2.77 bits per heavy atom. The molecule has 0 atom stereocenters. The van der Waals surface area contributed by atoms with Crippen LogP contribution in [0.1, 0.15) is 12.5 Å². The molecule has 0 fully saturated rings. The van der Waals surface area contributed by atoms with Crippen molar-refractivity contribution in [3.05, 3.63) is 41.0 Å². The third kappa shape index (κ3) is 1.65. The van der Waals surface area contributed by atoms with Crippen LogP contribution in [0.25, 0.3) is 10.9 Å². The molecule has 0 bridgehead atoms. The first kappa shape index (κ1) is 8.52. The standard InChI is InChI=1S/C11H10ClN/c1-2-8-3-4-9-5-6-11(12)13-10(9)7-8/h3-7H,2H2,1H3. The van der Waals surface area contributed by atoms with E-state index in [-0.39, 0.29) is 0 Å². The maximum atomic E-state index is 5.80. The molecule has 0 saturated carbocycles. The van der Waals surface area contributed by atoms with Crippen molar-refractivity contribution in [2.45, 2.75) is 13.3 Å². The number of nitrogens with zero attached hydrogens (tertiary/aromatic N) is 1. The molecule has 1 aromatic heterocycles. The van der Waals surface area contributed by atoms with Crippen molar-refractivity contribution in [3.63, 3.8) is 0 Å². The minimum atomic E-state index is 0.556. The summed E-state index contributed by atoms with van der Waals surface area (Å²) in [5, 5.41) is 1.70. The summed E-state index contributed by atoms with van der Waals surface area (Å²) in [6, 6.07) is 10.1. The molecule has 2 aromatic rings. The van der Waals surface area contributed by atoms with E-state index < -0.39 is 0 Å². The minimum absolute atomic E-state index is 0.556. The monoisotopic (exact) mass is 191 g/mol. The lowest BCUT2D eigenvalue weighted by Crippen LogP contribution is -1.83. The van der Waals surface area contributed by atoms with Gasteiger partial charge in [0, 0.05) is 5.39 Å². The highest BCUT2D eigenvalue weighted by molar-refractivity contribution is 6.29. The van der Waals surface area contributed by atoms with Crippen LogP contribution < -0.4 is 0 Å². The predicted octanol–water partition coefficient (Wildman–Crippen LogP) is 3.45. The second-order valence-corrected chi connectivity index (χ2v) is 3.40. The van der Waals surface area contributed by atoms with Gasteiger partial charge in [0.25, 0.3) is 0 Å². The maximum absolute atomic E-state index is 5.80. The highest BCUT2D eigenvalue weighted by Crippen LogP contribution is 2.16. The Bertz CT molecular complexity index is 437. The quantitative estimate of drug-likeness (QED) is 0.630. The molecule has 66 valence electrons. The number of fused-ring (bicyclic) bond motifs is 1. The van der Waals surface area contributed by atoms with Gasteiger partial charge in [-0.05, 0) is 30.2 Å². The summed E-state index contributed by atoms with van der Waals surface area (Å²) in [4.78, 5) is 4.25. The Morgan fingerprint density at radius 1 is 1.23 bits per heavy atom. The number of hydrogen-bond acceptors (Lipinski definition) is 1. The molecule has 0 amide bonds. The van der Waals surface area contributed by atoms with Crippen LogP contribution in [0.15, 0.2) is 30.3 Å². The number of aromatic nitrogens is 1. The van der Waals surface area contributed by atoms with Gasteiger partial charge >= 0.3 is 0 Å². The SMILES string of the molecule is CCc1ccc2ccc(Cl)nc2c1.